The topological polar surface area (TPSA) is 58.4 Å². The van der Waals surface area contributed by atoms with Gasteiger partial charge in [0.15, 0.2) is 0 Å². The Morgan fingerprint density at radius 2 is 2.24 bits per heavy atom. The minimum atomic E-state index is 0.196. The predicted octanol–water partition coefficient (Wildman–Crippen LogP) is 1.36. The lowest BCUT2D eigenvalue weighted by Gasteiger charge is -2.26. The maximum absolute atomic E-state index is 11.5. The van der Waals surface area contributed by atoms with Crippen molar-refractivity contribution in [2.24, 2.45) is 5.73 Å². The molecule has 0 atom stereocenters. The largest absolute Gasteiger partial charge is 0.385 e. The van der Waals surface area contributed by atoms with Crippen LogP contribution in [0.2, 0.25) is 0 Å². The van der Waals surface area contributed by atoms with E-state index in [2.05, 4.69) is 11.4 Å². The lowest BCUT2D eigenvalue weighted by atomic mass is 10.0. The van der Waals surface area contributed by atoms with Crippen LogP contribution < -0.4 is 16.0 Å². The van der Waals surface area contributed by atoms with Crippen molar-refractivity contribution in [2.45, 2.75) is 19.3 Å². The number of aryl methyl sites for hydroxylation is 1. The molecule has 92 valence electrons. The van der Waals surface area contributed by atoms with E-state index >= 15 is 0 Å². The molecule has 0 radical (unpaired) electrons. The zero-order valence-electron chi connectivity index (χ0n) is 10.2. The van der Waals surface area contributed by atoms with Crippen molar-refractivity contribution in [3.8, 4) is 0 Å². The highest BCUT2D eigenvalue weighted by Gasteiger charge is 2.20. The van der Waals surface area contributed by atoms with Gasteiger partial charge in [-0.1, -0.05) is 0 Å². The quantitative estimate of drug-likeness (QED) is 0.772. The minimum absolute atomic E-state index is 0.196. The lowest BCUT2D eigenvalue weighted by Crippen LogP contribution is -2.31. The average molecular weight is 233 g/mol. The summed E-state index contributed by atoms with van der Waals surface area (Å²) < 4.78 is 0. The first-order valence-electron chi connectivity index (χ1n) is 6.06. The summed E-state index contributed by atoms with van der Waals surface area (Å²) in [5, 5.41) is 3.34. The molecule has 0 unspecified atom stereocenters. The van der Waals surface area contributed by atoms with E-state index in [0.717, 1.165) is 30.8 Å². The summed E-state index contributed by atoms with van der Waals surface area (Å²) >= 11 is 0. The molecule has 0 aliphatic carbocycles. The van der Waals surface area contributed by atoms with Crippen molar-refractivity contribution in [1.82, 2.24) is 0 Å². The van der Waals surface area contributed by atoms with Crippen molar-refractivity contribution in [3.63, 3.8) is 0 Å². The number of hydrogen-bond donors (Lipinski definition) is 2. The molecular formula is C13H19N3O. The third-order valence-corrected chi connectivity index (χ3v) is 3.13. The standard InChI is InChI=1S/C13H19N3O/c1-16-12-5-4-11(15-8-2-7-14)9-10(12)3-6-13(16)17/h4-5,9,15H,2-3,6-8,14H2,1H3. The van der Waals surface area contributed by atoms with Crippen LogP contribution in [-0.2, 0) is 11.2 Å². The Morgan fingerprint density at radius 3 is 3.00 bits per heavy atom. The van der Waals surface area contributed by atoms with E-state index in [1.165, 1.54) is 5.56 Å². The van der Waals surface area contributed by atoms with E-state index in [9.17, 15) is 4.79 Å². The summed E-state index contributed by atoms with van der Waals surface area (Å²) in [5.41, 5.74) is 8.84. The smallest absolute Gasteiger partial charge is 0.227 e. The van der Waals surface area contributed by atoms with Gasteiger partial charge >= 0.3 is 0 Å². The number of hydrogen-bond acceptors (Lipinski definition) is 3. The third-order valence-electron chi connectivity index (χ3n) is 3.13. The molecule has 4 heteroatoms. The monoisotopic (exact) mass is 233 g/mol. The van der Waals surface area contributed by atoms with E-state index in [1.807, 2.05) is 19.2 Å². The molecule has 0 saturated heterocycles. The molecule has 1 aromatic rings. The Bertz CT molecular complexity index is 417. The number of benzene rings is 1. The molecule has 1 aliphatic rings. The zero-order valence-corrected chi connectivity index (χ0v) is 10.2. The lowest BCUT2D eigenvalue weighted by molar-refractivity contribution is -0.118. The van der Waals surface area contributed by atoms with Gasteiger partial charge in [0.1, 0.15) is 0 Å². The molecule has 1 amide bonds. The van der Waals surface area contributed by atoms with Crippen LogP contribution in [0, 0.1) is 0 Å². The summed E-state index contributed by atoms with van der Waals surface area (Å²) in [6, 6.07) is 6.16. The predicted molar refractivity (Wildman–Crippen MR) is 70.3 cm³/mol. The second-order valence-corrected chi connectivity index (χ2v) is 4.37. The van der Waals surface area contributed by atoms with Gasteiger partial charge in [0.25, 0.3) is 0 Å². The Labute approximate surface area is 102 Å². The maximum Gasteiger partial charge on any atom is 0.227 e. The summed E-state index contributed by atoms with van der Waals surface area (Å²) in [6.45, 7) is 1.60. The first-order valence-corrected chi connectivity index (χ1v) is 6.06. The van der Waals surface area contributed by atoms with Crippen molar-refractivity contribution < 1.29 is 4.79 Å². The van der Waals surface area contributed by atoms with Crippen LogP contribution in [0.5, 0.6) is 0 Å². The van der Waals surface area contributed by atoms with Crippen molar-refractivity contribution in [2.75, 3.05) is 30.4 Å². The first kappa shape index (κ1) is 11.9. The van der Waals surface area contributed by atoms with E-state index in [4.69, 9.17) is 5.73 Å². The molecular weight excluding hydrogens is 214 g/mol. The summed E-state index contributed by atoms with van der Waals surface area (Å²) in [7, 11) is 1.84. The van der Waals surface area contributed by atoms with E-state index in [-0.39, 0.29) is 5.91 Å². The molecule has 1 aromatic carbocycles. The first-order chi connectivity index (χ1) is 8.22. The zero-order chi connectivity index (χ0) is 12.3. The fourth-order valence-electron chi connectivity index (χ4n) is 2.10. The number of carbonyl (C=O) groups is 1. The molecule has 0 saturated carbocycles. The number of nitrogens with zero attached hydrogens (tertiary/aromatic N) is 1. The van der Waals surface area contributed by atoms with Gasteiger partial charge in [-0.3, -0.25) is 4.79 Å². The van der Waals surface area contributed by atoms with Gasteiger partial charge in [0.2, 0.25) is 5.91 Å². The van der Waals surface area contributed by atoms with Crippen LogP contribution in [0.15, 0.2) is 18.2 Å². The van der Waals surface area contributed by atoms with Gasteiger partial charge in [0.05, 0.1) is 0 Å². The van der Waals surface area contributed by atoms with Gasteiger partial charge in [-0.15, -0.1) is 0 Å². The molecule has 0 fully saturated rings. The highest BCUT2D eigenvalue weighted by atomic mass is 16.2. The molecule has 0 bridgehead atoms. The molecule has 4 nitrogen and oxygen atoms in total. The average Bonchev–Trinajstić information content (AvgIpc) is 2.34. The number of carbonyl (C=O) groups excluding carboxylic acids is 1. The van der Waals surface area contributed by atoms with E-state index in [0.29, 0.717) is 13.0 Å². The number of amides is 1. The van der Waals surface area contributed by atoms with E-state index < -0.39 is 0 Å². The molecule has 2 rings (SSSR count). The molecule has 0 aromatic heterocycles. The Balaban J connectivity index is 2.12. The van der Waals surface area contributed by atoms with Crippen molar-refractivity contribution in [1.29, 1.82) is 0 Å². The Kier molecular flexibility index (Phi) is 3.64. The van der Waals surface area contributed by atoms with Crippen LogP contribution in [-0.4, -0.2) is 26.0 Å². The summed E-state index contributed by atoms with van der Waals surface area (Å²) in [5.74, 6) is 0.196. The van der Waals surface area contributed by atoms with Crippen LogP contribution in [0.25, 0.3) is 0 Å². The van der Waals surface area contributed by atoms with Crippen LogP contribution in [0.1, 0.15) is 18.4 Å². The Morgan fingerprint density at radius 1 is 1.41 bits per heavy atom. The number of rotatable bonds is 4. The molecule has 0 spiro atoms. The number of fused-ring (bicyclic) bond motifs is 1. The molecule has 1 heterocycles. The number of anilines is 2. The van der Waals surface area contributed by atoms with Crippen molar-refractivity contribution in [3.05, 3.63) is 23.8 Å². The van der Waals surface area contributed by atoms with Gasteiger partial charge in [-0.05, 0) is 43.1 Å². The van der Waals surface area contributed by atoms with Gasteiger partial charge in [-0.2, -0.15) is 0 Å². The SMILES string of the molecule is CN1C(=O)CCc2cc(NCCCN)ccc21. The minimum Gasteiger partial charge on any atom is -0.385 e. The Hall–Kier alpha value is -1.55. The van der Waals surface area contributed by atoms with Gasteiger partial charge in [-0.25, -0.2) is 0 Å². The number of nitrogens with one attached hydrogen (secondary N) is 1. The van der Waals surface area contributed by atoms with Crippen molar-refractivity contribution >= 4 is 17.3 Å². The highest BCUT2D eigenvalue weighted by molar-refractivity contribution is 5.96. The second kappa shape index (κ2) is 5.19. The van der Waals surface area contributed by atoms with E-state index in [1.54, 1.807) is 4.90 Å². The number of nitrogens with two attached hydrogens (primary N) is 1. The van der Waals surface area contributed by atoms with Crippen LogP contribution >= 0.6 is 0 Å². The van der Waals surface area contributed by atoms with Gasteiger partial charge < -0.3 is 16.0 Å². The molecule has 3 N–H and O–H groups in total. The highest BCUT2D eigenvalue weighted by Crippen LogP contribution is 2.29. The van der Waals surface area contributed by atoms with Gasteiger partial charge in [0, 0.05) is 31.4 Å². The summed E-state index contributed by atoms with van der Waals surface area (Å²) in [6.07, 6.45) is 2.41. The summed E-state index contributed by atoms with van der Waals surface area (Å²) in [4.78, 5) is 13.3. The molecule has 1 aliphatic heterocycles. The maximum atomic E-state index is 11.5. The third kappa shape index (κ3) is 2.58. The normalized spacial score (nSPS) is 14.7. The fourth-order valence-corrected chi connectivity index (χ4v) is 2.10. The van der Waals surface area contributed by atoms with Crippen LogP contribution in [0.4, 0.5) is 11.4 Å². The fraction of sp³-hybridized carbons (Fsp3) is 0.462. The second-order valence-electron chi connectivity index (χ2n) is 4.37. The molecule has 17 heavy (non-hydrogen) atoms. The van der Waals surface area contributed by atoms with Crippen LogP contribution in [0.3, 0.4) is 0 Å².